The van der Waals surface area contributed by atoms with Crippen LogP contribution in [0.5, 0.6) is 0 Å². The van der Waals surface area contributed by atoms with Crippen LogP contribution in [-0.2, 0) is 12.8 Å². The molecule has 0 atom stereocenters. The number of guanidine groups is 1. The predicted molar refractivity (Wildman–Crippen MR) is 115 cm³/mol. The van der Waals surface area contributed by atoms with Crippen LogP contribution >= 0.6 is 35.3 Å². The molecule has 0 saturated carbocycles. The molecule has 2 N–H and O–H groups in total. The monoisotopic (exact) mass is 476 g/mol. The quantitative estimate of drug-likeness (QED) is 0.263. The van der Waals surface area contributed by atoms with Crippen molar-refractivity contribution in [3.63, 3.8) is 0 Å². The van der Waals surface area contributed by atoms with E-state index in [1.807, 2.05) is 19.1 Å². The van der Waals surface area contributed by atoms with E-state index in [1.165, 1.54) is 17.1 Å². The number of hydrogen-bond donors (Lipinski definition) is 2. The Bertz CT molecular complexity index is 643. The van der Waals surface area contributed by atoms with E-state index in [9.17, 15) is 4.39 Å². The summed E-state index contributed by atoms with van der Waals surface area (Å²) in [5.74, 6) is 0.631. The van der Waals surface area contributed by atoms with Crippen LogP contribution in [0.1, 0.15) is 29.6 Å². The van der Waals surface area contributed by atoms with Gasteiger partial charge in [-0.25, -0.2) is 9.37 Å². The fourth-order valence-electron chi connectivity index (χ4n) is 2.26. The highest BCUT2D eigenvalue weighted by molar-refractivity contribution is 14.0. The van der Waals surface area contributed by atoms with Gasteiger partial charge in [-0.15, -0.1) is 35.3 Å². The van der Waals surface area contributed by atoms with Gasteiger partial charge in [-0.2, -0.15) is 0 Å². The second kappa shape index (κ2) is 12.2. The highest BCUT2D eigenvalue weighted by Gasteiger charge is 2.00. The Morgan fingerprint density at radius 2 is 1.96 bits per heavy atom. The fraction of sp³-hybridized carbons (Fsp3) is 0.444. The van der Waals surface area contributed by atoms with Gasteiger partial charge >= 0.3 is 0 Å². The molecule has 0 fully saturated rings. The van der Waals surface area contributed by atoms with Crippen LogP contribution in [0.15, 0.2) is 34.6 Å². The van der Waals surface area contributed by atoms with E-state index in [0.29, 0.717) is 0 Å². The fourth-order valence-corrected chi connectivity index (χ4v) is 3.07. The number of aryl methyl sites for hydroxylation is 2. The number of hydrogen-bond acceptors (Lipinski definition) is 3. The molecule has 1 aromatic carbocycles. The molecule has 0 unspecified atom stereocenters. The number of thiazole rings is 1. The average Bonchev–Trinajstić information content (AvgIpc) is 2.99. The van der Waals surface area contributed by atoms with Gasteiger partial charge < -0.3 is 10.6 Å². The van der Waals surface area contributed by atoms with Crippen molar-refractivity contribution in [1.82, 2.24) is 15.6 Å². The zero-order chi connectivity index (χ0) is 17.2. The molecule has 138 valence electrons. The smallest absolute Gasteiger partial charge is 0.191 e. The summed E-state index contributed by atoms with van der Waals surface area (Å²) in [7, 11) is 0. The van der Waals surface area contributed by atoms with E-state index in [0.717, 1.165) is 56.1 Å². The van der Waals surface area contributed by atoms with E-state index < -0.39 is 0 Å². The summed E-state index contributed by atoms with van der Waals surface area (Å²) in [4.78, 5) is 9.06. The molecule has 0 amide bonds. The molecular weight excluding hydrogens is 450 g/mol. The standard InChI is InChI=1S/C18H25FN4S.HI/c1-3-20-18(21-11-4-5-17-23-14(2)13-24-17)22-12-10-15-6-8-16(19)9-7-15;/h6-9,13H,3-5,10-12H2,1-2H3,(H2,20,21,22);1H. The van der Waals surface area contributed by atoms with E-state index >= 15 is 0 Å². The lowest BCUT2D eigenvalue weighted by molar-refractivity contribution is 0.626. The summed E-state index contributed by atoms with van der Waals surface area (Å²) < 4.78 is 12.9. The highest BCUT2D eigenvalue weighted by atomic mass is 127. The van der Waals surface area contributed by atoms with Gasteiger partial charge in [0.1, 0.15) is 5.82 Å². The van der Waals surface area contributed by atoms with Gasteiger partial charge in [-0.05, 0) is 44.4 Å². The van der Waals surface area contributed by atoms with Gasteiger partial charge in [0.25, 0.3) is 0 Å². The molecule has 0 saturated heterocycles. The van der Waals surface area contributed by atoms with Gasteiger partial charge in [0, 0.05) is 37.1 Å². The van der Waals surface area contributed by atoms with Crippen LogP contribution in [0.3, 0.4) is 0 Å². The van der Waals surface area contributed by atoms with E-state index in [-0.39, 0.29) is 29.8 Å². The molecule has 0 spiro atoms. The zero-order valence-electron chi connectivity index (χ0n) is 14.7. The number of benzene rings is 1. The first-order chi connectivity index (χ1) is 11.7. The van der Waals surface area contributed by atoms with Crippen molar-refractivity contribution in [3.8, 4) is 0 Å². The molecule has 0 bridgehead atoms. The average molecular weight is 476 g/mol. The first-order valence-corrected chi connectivity index (χ1v) is 9.23. The lowest BCUT2D eigenvalue weighted by Crippen LogP contribution is -2.38. The van der Waals surface area contributed by atoms with Crippen molar-refractivity contribution in [3.05, 3.63) is 51.7 Å². The van der Waals surface area contributed by atoms with Crippen LogP contribution in [-0.4, -0.2) is 30.6 Å². The van der Waals surface area contributed by atoms with Gasteiger partial charge in [0.15, 0.2) is 5.96 Å². The molecule has 0 aliphatic carbocycles. The van der Waals surface area contributed by atoms with Crippen LogP contribution in [0.25, 0.3) is 0 Å². The number of aliphatic imine (C=N–C) groups is 1. The van der Waals surface area contributed by atoms with Crippen LogP contribution in [0.4, 0.5) is 4.39 Å². The Hall–Kier alpha value is -1.22. The van der Waals surface area contributed by atoms with Gasteiger partial charge in [0.05, 0.1) is 5.01 Å². The number of nitrogens with zero attached hydrogens (tertiary/aromatic N) is 2. The second-order valence-corrected chi connectivity index (χ2v) is 6.49. The summed E-state index contributed by atoms with van der Waals surface area (Å²) in [6, 6.07) is 6.62. The SMILES string of the molecule is CCNC(=NCCCc1nc(C)cs1)NCCc1ccc(F)cc1.I. The third kappa shape index (κ3) is 8.62. The molecule has 1 aromatic heterocycles. The maximum atomic E-state index is 12.9. The third-order valence-corrected chi connectivity index (χ3v) is 4.48. The molecule has 0 radical (unpaired) electrons. The molecule has 2 aromatic rings. The third-order valence-electron chi connectivity index (χ3n) is 3.45. The van der Waals surface area contributed by atoms with Gasteiger partial charge in [0.2, 0.25) is 0 Å². The summed E-state index contributed by atoms with van der Waals surface area (Å²) in [5.41, 5.74) is 2.20. The minimum Gasteiger partial charge on any atom is -0.357 e. The summed E-state index contributed by atoms with van der Waals surface area (Å²) in [5, 5.41) is 9.83. The Labute approximate surface area is 170 Å². The van der Waals surface area contributed by atoms with E-state index in [1.54, 1.807) is 11.3 Å². The minimum atomic E-state index is -0.197. The largest absolute Gasteiger partial charge is 0.357 e. The zero-order valence-corrected chi connectivity index (χ0v) is 17.9. The molecule has 0 aliphatic rings. The van der Waals surface area contributed by atoms with Crippen molar-refractivity contribution < 1.29 is 4.39 Å². The molecular formula is C18H26FIN4S. The Balaban J connectivity index is 0.00000312. The molecule has 2 rings (SSSR count). The maximum absolute atomic E-state index is 12.9. The van der Waals surface area contributed by atoms with Crippen molar-refractivity contribution in [2.45, 2.75) is 33.1 Å². The lowest BCUT2D eigenvalue weighted by atomic mass is 10.1. The highest BCUT2D eigenvalue weighted by Crippen LogP contribution is 2.10. The Morgan fingerprint density at radius 1 is 1.20 bits per heavy atom. The first kappa shape index (κ1) is 21.8. The summed E-state index contributed by atoms with van der Waals surface area (Å²) in [6.07, 6.45) is 2.79. The summed E-state index contributed by atoms with van der Waals surface area (Å²) in [6.45, 7) is 6.43. The van der Waals surface area contributed by atoms with Crippen molar-refractivity contribution in [1.29, 1.82) is 0 Å². The molecule has 25 heavy (non-hydrogen) atoms. The van der Waals surface area contributed by atoms with Crippen molar-refractivity contribution in [2.75, 3.05) is 19.6 Å². The molecule has 7 heteroatoms. The molecule has 1 heterocycles. The number of aromatic nitrogens is 1. The minimum absolute atomic E-state index is 0. The Kier molecular flexibility index (Phi) is 10.6. The van der Waals surface area contributed by atoms with Crippen molar-refractivity contribution in [2.24, 2.45) is 4.99 Å². The lowest BCUT2D eigenvalue weighted by Gasteiger charge is -2.11. The topological polar surface area (TPSA) is 49.3 Å². The van der Waals surface area contributed by atoms with Crippen LogP contribution in [0.2, 0.25) is 0 Å². The van der Waals surface area contributed by atoms with E-state index in [2.05, 4.69) is 32.9 Å². The maximum Gasteiger partial charge on any atom is 0.191 e. The predicted octanol–water partition coefficient (Wildman–Crippen LogP) is 3.94. The van der Waals surface area contributed by atoms with Gasteiger partial charge in [-0.3, -0.25) is 4.99 Å². The number of rotatable bonds is 8. The van der Waals surface area contributed by atoms with E-state index in [4.69, 9.17) is 0 Å². The van der Waals surface area contributed by atoms with Crippen molar-refractivity contribution >= 4 is 41.3 Å². The second-order valence-electron chi connectivity index (χ2n) is 5.55. The number of halogens is 2. The normalized spacial score (nSPS) is 11.1. The molecule has 0 aliphatic heterocycles. The van der Waals surface area contributed by atoms with Gasteiger partial charge in [-0.1, -0.05) is 12.1 Å². The number of nitrogens with one attached hydrogen (secondary N) is 2. The summed E-state index contributed by atoms with van der Waals surface area (Å²) >= 11 is 1.71. The Morgan fingerprint density at radius 3 is 2.60 bits per heavy atom. The first-order valence-electron chi connectivity index (χ1n) is 8.35. The van der Waals surface area contributed by atoms with Crippen LogP contribution < -0.4 is 10.6 Å². The van der Waals surface area contributed by atoms with Crippen LogP contribution in [0, 0.1) is 12.7 Å². The molecule has 4 nitrogen and oxygen atoms in total.